The van der Waals surface area contributed by atoms with E-state index in [1.165, 1.54) is 11.3 Å². The number of nitrogens with one attached hydrogen (secondary N) is 1. The largest absolute Gasteiger partial charge is 0.468 e. The molecular weight excluding hydrogens is 388 g/mol. The molecule has 1 aliphatic heterocycles. The first-order valence-corrected chi connectivity index (χ1v) is 10.8. The molecule has 0 radical (unpaired) electrons. The predicted molar refractivity (Wildman–Crippen MR) is 114 cm³/mol. The summed E-state index contributed by atoms with van der Waals surface area (Å²) in [6.07, 6.45) is 5.61. The van der Waals surface area contributed by atoms with Crippen molar-refractivity contribution in [3.05, 3.63) is 50.8 Å². The molecule has 0 saturated heterocycles. The second-order valence-corrected chi connectivity index (χ2v) is 8.74. The summed E-state index contributed by atoms with van der Waals surface area (Å²) in [4.78, 5) is 34.0. The number of carbonyl (C=O) groups is 1. The highest BCUT2D eigenvalue weighted by molar-refractivity contribution is 7.20. The van der Waals surface area contributed by atoms with Crippen LogP contribution in [0, 0.1) is 6.92 Å². The van der Waals surface area contributed by atoms with Gasteiger partial charge in [-0.1, -0.05) is 6.42 Å². The minimum atomic E-state index is -0.177. The van der Waals surface area contributed by atoms with Crippen LogP contribution in [0.15, 0.2) is 27.6 Å². The molecule has 1 unspecified atom stereocenters. The molecule has 0 aliphatic carbocycles. The Morgan fingerprint density at radius 2 is 2.21 bits per heavy atom. The summed E-state index contributed by atoms with van der Waals surface area (Å²) in [5.74, 6) is 1.47. The van der Waals surface area contributed by atoms with Crippen LogP contribution in [0.1, 0.15) is 52.1 Å². The molecular formula is C21H26N4O3S. The first-order chi connectivity index (χ1) is 14.0. The zero-order valence-corrected chi connectivity index (χ0v) is 17.8. The van der Waals surface area contributed by atoms with Crippen molar-refractivity contribution in [3.8, 4) is 0 Å². The second kappa shape index (κ2) is 8.12. The molecule has 4 heterocycles. The first-order valence-electron chi connectivity index (χ1n) is 9.98. The normalized spacial score (nSPS) is 15.3. The number of aryl methyl sites for hydroxylation is 2. The van der Waals surface area contributed by atoms with Crippen LogP contribution >= 0.6 is 11.3 Å². The van der Waals surface area contributed by atoms with Crippen molar-refractivity contribution in [2.75, 3.05) is 20.6 Å². The molecule has 1 N–H and O–H groups in total. The Morgan fingerprint density at radius 3 is 2.93 bits per heavy atom. The van der Waals surface area contributed by atoms with Gasteiger partial charge in [-0.25, -0.2) is 4.98 Å². The summed E-state index contributed by atoms with van der Waals surface area (Å²) < 4.78 is 7.31. The van der Waals surface area contributed by atoms with E-state index in [4.69, 9.17) is 9.40 Å². The quantitative estimate of drug-likeness (QED) is 0.694. The summed E-state index contributed by atoms with van der Waals surface area (Å²) in [5, 5.41) is 3.59. The lowest BCUT2D eigenvalue weighted by atomic mass is 10.2. The van der Waals surface area contributed by atoms with Crippen molar-refractivity contribution in [2.24, 2.45) is 0 Å². The van der Waals surface area contributed by atoms with E-state index in [0.717, 1.165) is 42.8 Å². The highest BCUT2D eigenvalue weighted by atomic mass is 32.1. The van der Waals surface area contributed by atoms with E-state index in [9.17, 15) is 9.59 Å². The maximum Gasteiger partial charge on any atom is 0.262 e. The van der Waals surface area contributed by atoms with Crippen molar-refractivity contribution >= 4 is 27.5 Å². The van der Waals surface area contributed by atoms with E-state index in [-0.39, 0.29) is 17.5 Å². The van der Waals surface area contributed by atoms with E-state index >= 15 is 0 Å². The van der Waals surface area contributed by atoms with Gasteiger partial charge < -0.3 is 9.73 Å². The average molecular weight is 415 g/mol. The number of furan rings is 1. The van der Waals surface area contributed by atoms with Crippen LogP contribution in [0.3, 0.4) is 0 Å². The Bertz CT molecular complexity index is 1080. The fraction of sp³-hybridized carbons (Fsp3) is 0.476. The number of hydrogen-bond acceptors (Lipinski definition) is 6. The van der Waals surface area contributed by atoms with Crippen LogP contribution in [-0.2, 0) is 13.0 Å². The number of fused-ring (bicyclic) bond motifs is 2. The number of nitrogens with zero attached hydrogens (tertiary/aromatic N) is 3. The summed E-state index contributed by atoms with van der Waals surface area (Å²) in [5.41, 5.74) is 0.709. The van der Waals surface area contributed by atoms with Gasteiger partial charge in [0.15, 0.2) is 0 Å². The van der Waals surface area contributed by atoms with Gasteiger partial charge in [0.1, 0.15) is 16.4 Å². The van der Waals surface area contributed by atoms with Crippen LogP contribution in [0.2, 0.25) is 0 Å². The standard InChI is InChI=1S/C21H26N4O3S/c1-13-17-20(23-16-9-5-4-6-10-25(16)21(17)27)29-18(13)19(26)22-12-14(24(2)3)15-8-7-11-28-15/h7-8,11,14H,4-6,9-10,12H2,1-3H3,(H,22,26). The van der Waals surface area contributed by atoms with Crippen molar-refractivity contribution < 1.29 is 9.21 Å². The maximum atomic E-state index is 13.1. The third kappa shape index (κ3) is 3.74. The number of amides is 1. The Balaban J connectivity index is 1.62. The Kier molecular flexibility index (Phi) is 5.56. The highest BCUT2D eigenvalue weighted by Gasteiger charge is 2.24. The van der Waals surface area contributed by atoms with Crippen LogP contribution in [0.25, 0.3) is 10.2 Å². The molecule has 0 spiro atoms. The molecule has 1 amide bonds. The van der Waals surface area contributed by atoms with E-state index in [2.05, 4.69) is 5.32 Å². The molecule has 154 valence electrons. The highest BCUT2D eigenvalue weighted by Crippen LogP contribution is 2.28. The zero-order valence-electron chi connectivity index (χ0n) is 17.0. The Labute approximate surface area is 173 Å². The van der Waals surface area contributed by atoms with Crippen LogP contribution in [0.4, 0.5) is 0 Å². The minimum Gasteiger partial charge on any atom is -0.468 e. The van der Waals surface area contributed by atoms with E-state index < -0.39 is 0 Å². The molecule has 3 aromatic heterocycles. The third-order valence-corrected chi connectivity index (χ3v) is 6.75. The van der Waals surface area contributed by atoms with Crippen molar-refractivity contribution in [1.82, 2.24) is 19.8 Å². The Hall–Kier alpha value is -2.45. The number of aromatic nitrogens is 2. The molecule has 1 aliphatic rings. The lowest BCUT2D eigenvalue weighted by Crippen LogP contribution is -2.34. The molecule has 0 saturated carbocycles. The van der Waals surface area contributed by atoms with Crippen LogP contribution in [-0.4, -0.2) is 41.0 Å². The lowest BCUT2D eigenvalue weighted by Gasteiger charge is -2.22. The summed E-state index contributed by atoms with van der Waals surface area (Å²) >= 11 is 1.31. The Morgan fingerprint density at radius 1 is 1.38 bits per heavy atom. The molecule has 7 nitrogen and oxygen atoms in total. The minimum absolute atomic E-state index is 0.0125. The van der Waals surface area contributed by atoms with Gasteiger partial charge in [0.2, 0.25) is 0 Å². The number of rotatable bonds is 5. The van der Waals surface area contributed by atoms with E-state index in [0.29, 0.717) is 28.2 Å². The molecule has 1 atom stereocenters. The number of thiophene rings is 1. The van der Waals surface area contributed by atoms with Crippen molar-refractivity contribution in [1.29, 1.82) is 0 Å². The molecule has 0 fully saturated rings. The number of likely N-dealkylation sites (N-methyl/N-ethyl adjacent to an activating group) is 1. The lowest BCUT2D eigenvalue weighted by molar-refractivity contribution is 0.0942. The van der Waals surface area contributed by atoms with Gasteiger partial charge in [0.05, 0.1) is 22.6 Å². The van der Waals surface area contributed by atoms with Gasteiger partial charge in [-0.3, -0.25) is 19.1 Å². The maximum absolute atomic E-state index is 13.1. The monoisotopic (exact) mass is 414 g/mol. The molecule has 3 aromatic rings. The molecule has 4 rings (SSSR count). The molecule has 0 bridgehead atoms. The molecule has 29 heavy (non-hydrogen) atoms. The van der Waals surface area contributed by atoms with Gasteiger partial charge in [-0.05, 0) is 51.6 Å². The van der Waals surface area contributed by atoms with Crippen LogP contribution in [0.5, 0.6) is 0 Å². The third-order valence-electron chi connectivity index (χ3n) is 5.57. The number of carbonyl (C=O) groups excluding carboxylic acids is 1. The average Bonchev–Trinajstić information content (AvgIpc) is 3.24. The number of hydrogen-bond donors (Lipinski definition) is 1. The van der Waals surface area contributed by atoms with Crippen LogP contribution < -0.4 is 10.9 Å². The van der Waals surface area contributed by atoms with Gasteiger partial charge in [-0.15, -0.1) is 11.3 Å². The van der Waals surface area contributed by atoms with Gasteiger partial charge in [0.25, 0.3) is 11.5 Å². The fourth-order valence-electron chi connectivity index (χ4n) is 3.91. The summed E-state index contributed by atoms with van der Waals surface area (Å²) in [6.45, 7) is 2.97. The second-order valence-electron chi connectivity index (χ2n) is 7.74. The van der Waals surface area contributed by atoms with Crippen molar-refractivity contribution in [2.45, 2.75) is 45.2 Å². The topological polar surface area (TPSA) is 80.4 Å². The summed E-state index contributed by atoms with van der Waals surface area (Å²) in [6, 6.07) is 3.68. The first kappa shape index (κ1) is 19.8. The fourth-order valence-corrected chi connectivity index (χ4v) is 5.02. The van der Waals surface area contributed by atoms with Gasteiger partial charge in [-0.2, -0.15) is 0 Å². The predicted octanol–water partition coefficient (Wildman–Crippen LogP) is 3.12. The summed E-state index contributed by atoms with van der Waals surface area (Å²) in [7, 11) is 3.89. The van der Waals surface area contributed by atoms with E-state index in [1.54, 1.807) is 10.8 Å². The van der Waals surface area contributed by atoms with Crippen molar-refractivity contribution in [3.63, 3.8) is 0 Å². The van der Waals surface area contributed by atoms with Gasteiger partial charge in [0, 0.05) is 19.5 Å². The van der Waals surface area contributed by atoms with E-state index in [1.807, 2.05) is 38.1 Å². The molecule has 8 heteroatoms. The smallest absolute Gasteiger partial charge is 0.262 e. The molecule has 0 aromatic carbocycles. The SMILES string of the molecule is Cc1c(C(=O)NCC(c2ccco2)N(C)C)sc2nc3n(c(=O)c12)CCCCC3. The zero-order chi connectivity index (χ0) is 20.5. The van der Waals surface area contributed by atoms with Gasteiger partial charge >= 0.3 is 0 Å².